The van der Waals surface area contributed by atoms with Crippen molar-refractivity contribution in [1.29, 1.82) is 0 Å². The average Bonchev–Trinajstić information content (AvgIpc) is 3.06. The summed E-state index contributed by atoms with van der Waals surface area (Å²) < 4.78 is 2.19. The maximum atomic E-state index is 10.9. The van der Waals surface area contributed by atoms with Crippen molar-refractivity contribution in [3.05, 3.63) is 87.2 Å². The SMILES string of the molecule is CCN(CC)c1ccc(-n2c(C)cc(/C=N\OCc3cccc([N+](=O)[O-])c3)c2C)cc1. The molecule has 0 aliphatic rings. The highest BCUT2D eigenvalue weighted by Gasteiger charge is 2.11. The van der Waals surface area contributed by atoms with E-state index in [4.69, 9.17) is 4.84 Å². The van der Waals surface area contributed by atoms with Crippen molar-refractivity contribution in [3.63, 3.8) is 0 Å². The number of aryl methyl sites for hydroxylation is 1. The Hall–Kier alpha value is -3.61. The highest BCUT2D eigenvalue weighted by molar-refractivity contribution is 5.81. The zero-order valence-corrected chi connectivity index (χ0v) is 18.4. The van der Waals surface area contributed by atoms with Crippen LogP contribution < -0.4 is 4.90 Å². The summed E-state index contributed by atoms with van der Waals surface area (Å²) in [6, 6.07) is 17.0. The summed E-state index contributed by atoms with van der Waals surface area (Å²) in [5.74, 6) is 0. The van der Waals surface area contributed by atoms with Crippen molar-refractivity contribution >= 4 is 17.6 Å². The second-order valence-corrected chi connectivity index (χ2v) is 7.29. The van der Waals surface area contributed by atoms with E-state index >= 15 is 0 Å². The predicted octanol–water partition coefficient (Wildman–Crippen LogP) is 5.40. The van der Waals surface area contributed by atoms with Crippen LogP contribution in [0.1, 0.15) is 36.4 Å². The number of rotatable bonds is 9. The van der Waals surface area contributed by atoms with E-state index in [0.717, 1.165) is 35.7 Å². The monoisotopic (exact) mass is 420 g/mol. The molecule has 0 saturated heterocycles. The summed E-state index contributed by atoms with van der Waals surface area (Å²) in [4.78, 5) is 18.1. The van der Waals surface area contributed by atoms with Crippen LogP contribution in [0.15, 0.2) is 59.8 Å². The van der Waals surface area contributed by atoms with Crippen LogP contribution in [0.4, 0.5) is 11.4 Å². The van der Waals surface area contributed by atoms with Gasteiger partial charge in [-0.1, -0.05) is 17.3 Å². The van der Waals surface area contributed by atoms with Gasteiger partial charge in [0.2, 0.25) is 0 Å². The summed E-state index contributed by atoms with van der Waals surface area (Å²) in [5, 5.41) is 14.9. The molecule has 3 rings (SSSR count). The molecule has 0 amide bonds. The van der Waals surface area contributed by atoms with E-state index in [-0.39, 0.29) is 12.3 Å². The maximum Gasteiger partial charge on any atom is 0.269 e. The largest absolute Gasteiger partial charge is 0.391 e. The quantitative estimate of drug-likeness (QED) is 0.264. The third-order valence-corrected chi connectivity index (χ3v) is 5.33. The van der Waals surface area contributed by atoms with Gasteiger partial charge in [-0.15, -0.1) is 0 Å². The fourth-order valence-electron chi connectivity index (χ4n) is 3.68. The minimum absolute atomic E-state index is 0.0423. The van der Waals surface area contributed by atoms with Gasteiger partial charge < -0.3 is 14.3 Å². The van der Waals surface area contributed by atoms with E-state index in [0.29, 0.717) is 5.56 Å². The molecule has 0 saturated carbocycles. The number of non-ortho nitro benzene ring substituents is 1. The highest BCUT2D eigenvalue weighted by atomic mass is 16.6. The fraction of sp³-hybridized carbons (Fsp3) is 0.292. The van der Waals surface area contributed by atoms with Crippen molar-refractivity contribution in [1.82, 2.24) is 4.57 Å². The first-order valence-electron chi connectivity index (χ1n) is 10.4. The van der Waals surface area contributed by atoms with Crippen molar-refractivity contribution in [2.24, 2.45) is 5.16 Å². The molecule has 3 aromatic rings. The van der Waals surface area contributed by atoms with E-state index in [9.17, 15) is 10.1 Å². The molecule has 1 aromatic heterocycles. The normalized spacial score (nSPS) is 11.1. The van der Waals surface area contributed by atoms with Gasteiger partial charge in [-0.05, 0) is 63.6 Å². The van der Waals surface area contributed by atoms with Crippen molar-refractivity contribution in [3.8, 4) is 5.69 Å². The Morgan fingerprint density at radius 1 is 1.10 bits per heavy atom. The van der Waals surface area contributed by atoms with Gasteiger partial charge in [0.15, 0.2) is 0 Å². The van der Waals surface area contributed by atoms with Gasteiger partial charge in [0, 0.05) is 53.5 Å². The van der Waals surface area contributed by atoms with Crippen LogP contribution in [-0.4, -0.2) is 28.8 Å². The third kappa shape index (κ3) is 5.12. The number of hydrogen-bond donors (Lipinski definition) is 0. The number of benzene rings is 2. The van der Waals surface area contributed by atoms with Gasteiger partial charge in [0.05, 0.1) is 11.1 Å². The number of nitrogens with zero attached hydrogens (tertiary/aromatic N) is 4. The minimum atomic E-state index is -0.420. The van der Waals surface area contributed by atoms with Crippen LogP contribution >= 0.6 is 0 Å². The van der Waals surface area contributed by atoms with Crippen molar-refractivity contribution in [2.45, 2.75) is 34.3 Å². The molecule has 0 spiro atoms. The van der Waals surface area contributed by atoms with E-state index < -0.39 is 4.92 Å². The number of nitro benzene ring substituents is 1. The first kappa shape index (κ1) is 22.1. The van der Waals surface area contributed by atoms with Gasteiger partial charge in [0.1, 0.15) is 6.61 Å². The van der Waals surface area contributed by atoms with E-state index in [1.807, 2.05) is 6.92 Å². The Balaban J connectivity index is 1.71. The number of hydrogen-bond acceptors (Lipinski definition) is 5. The fourth-order valence-corrected chi connectivity index (χ4v) is 3.68. The molecule has 162 valence electrons. The molecule has 0 unspecified atom stereocenters. The maximum absolute atomic E-state index is 10.9. The summed E-state index contributed by atoms with van der Waals surface area (Å²) in [6.07, 6.45) is 1.68. The zero-order chi connectivity index (χ0) is 22.4. The summed E-state index contributed by atoms with van der Waals surface area (Å²) in [5.41, 5.74) is 6.19. The van der Waals surface area contributed by atoms with Gasteiger partial charge in [-0.25, -0.2) is 0 Å². The first-order valence-corrected chi connectivity index (χ1v) is 10.4. The van der Waals surface area contributed by atoms with Crippen LogP contribution in [-0.2, 0) is 11.4 Å². The van der Waals surface area contributed by atoms with Crippen LogP contribution in [0.2, 0.25) is 0 Å². The predicted molar refractivity (Wildman–Crippen MR) is 124 cm³/mol. The molecule has 0 N–H and O–H groups in total. The summed E-state index contributed by atoms with van der Waals surface area (Å²) in [6.45, 7) is 10.6. The Morgan fingerprint density at radius 3 is 2.45 bits per heavy atom. The minimum Gasteiger partial charge on any atom is -0.391 e. The Morgan fingerprint density at radius 2 is 1.81 bits per heavy atom. The number of aromatic nitrogens is 1. The number of anilines is 1. The van der Waals surface area contributed by atoms with E-state index in [2.05, 4.69) is 65.7 Å². The molecular formula is C24H28N4O3. The standard InChI is InChI=1S/C24H28N4O3/c1-5-26(6-2)22-10-12-23(13-11-22)27-18(3)14-21(19(27)4)16-25-31-17-20-8-7-9-24(15-20)28(29)30/h7-16H,5-6,17H2,1-4H3/b25-16-. The van der Waals surface area contributed by atoms with Crippen LogP contribution in [0.5, 0.6) is 0 Å². The van der Waals surface area contributed by atoms with E-state index in [1.54, 1.807) is 18.3 Å². The van der Waals surface area contributed by atoms with Gasteiger partial charge >= 0.3 is 0 Å². The molecule has 1 heterocycles. The molecule has 7 heteroatoms. The van der Waals surface area contributed by atoms with Gasteiger partial charge in [-0.3, -0.25) is 10.1 Å². The van der Waals surface area contributed by atoms with Crippen molar-refractivity contribution in [2.75, 3.05) is 18.0 Å². The molecule has 31 heavy (non-hydrogen) atoms. The number of oxime groups is 1. The first-order chi connectivity index (χ1) is 14.9. The molecule has 0 aliphatic heterocycles. The van der Waals surface area contributed by atoms with Gasteiger partial charge in [-0.2, -0.15) is 0 Å². The smallest absolute Gasteiger partial charge is 0.269 e. The third-order valence-electron chi connectivity index (χ3n) is 5.33. The van der Waals surface area contributed by atoms with Crippen LogP contribution in [0.25, 0.3) is 5.69 Å². The molecule has 0 fully saturated rings. The molecule has 0 bridgehead atoms. The molecule has 0 aliphatic carbocycles. The Bertz CT molecular complexity index is 1070. The second-order valence-electron chi connectivity index (χ2n) is 7.29. The van der Waals surface area contributed by atoms with E-state index in [1.165, 1.54) is 17.8 Å². The summed E-state index contributed by atoms with van der Waals surface area (Å²) >= 11 is 0. The topological polar surface area (TPSA) is 72.9 Å². The van der Waals surface area contributed by atoms with Crippen molar-refractivity contribution < 1.29 is 9.76 Å². The Kier molecular flexibility index (Phi) is 7.07. The average molecular weight is 421 g/mol. The highest BCUT2D eigenvalue weighted by Crippen LogP contribution is 2.23. The molecule has 0 atom stereocenters. The lowest BCUT2D eigenvalue weighted by Crippen LogP contribution is -2.21. The lowest BCUT2D eigenvalue weighted by molar-refractivity contribution is -0.384. The molecule has 7 nitrogen and oxygen atoms in total. The molecular weight excluding hydrogens is 392 g/mol. The van der Waals surface area contributed by atoms with Crippen LogP contribution in [0.3, 0.4) is 0 Å². The molecule has 0 radical (unpaired) electrons. The zero-order valence-electron chi connectivity index (χ0n) is 18.4. The molecule has 2 aromatic carbocycles. The lowest BCUT2D eigenvalue weighted by Gasteiger charge is -2.21. The number of nitro groups is 1. The van der Waals surface area contributed by atoms with Crippen LogP contribution in [0, 0.1) is 24.0 Å². The summed E-state index contributed by atoms with van der Waals surface area (Å²) in [7, 11) is 0. The van der Waals surface area contributed by atoms with Gasteiger partial charge in [0.25, 0.3) is 5.69 Å². The Labute approximate surface area is 182 Å². The second kappa shape index (κ2) is 9.93. The lowest BCUT2D eigenvalue weighted by atomic mass is 10.2.